The van der Waals surface area contributed by atoms with Gasteiger partial charge >= 0.3 is 17.8 Å². The average Bonchev–Trinajstić information content (AvgIpc) is 2.57. The van der Waals surface area contributed by atoms with Crippen molar-refractivity contribution in [1.29, 1.82) is 0 Å². The molecule has 1 heterocycles. The standard InChI is InChI=1S/C12H12N2O4/c1-13-10(15)11(16)14(12(13)17)7-8-4-3-5-9(6-8)18-2/h3-6H,7H2,1-2H3. The maximum absolute atomic E-state index is 11.7. The van der Waals surface area contributed by atoms with Crippen molar-refractivity contribution < 1.29 is 19.1 Å². The molecule has 1 fully saturated rings. The largest absolute Gasteiger partial charge is 0.497 e. The predicted molar refractivity (Wildman–Crippen MR) is 61.7 cm³/mol. The number of nitrogens with zero attached hydrogens (tertiary/aromatic N) is 2. The van der Waals surface area contributed by atoms with Crippen molar-refractivity contribution >= 4 is 17.8 Å². The number of carbonyl (C=O) groups is 3. The van der Waals surface area contributed by atoms with Crippen molar-refractivity contribution in [2.45, 2.75) is 6.54 Å². The van der Waals surface area contributed by atoms with Crippen LogP contribution in [0.5, 0.6) is 5.75 Å². The van der Waals surface area contributed by atoms with Crippen molar-refractivity contribution in [3.8, 4) is 5.75 Å². The lowest BCUT2D eigenvalue weighted by Gasteiger charge is -2.13. The van der Waals surface area contributed by atoms with Gasteiger partial charge in [0.15, 0.2) is 0 Å². The SMILES string of the molecule is COc1cccc(CN2C(=O)C(=O)N(C)C2=O)c1. The molecular weight excluding hydrogens is 236 g/mol. The van der Waals surface area contributed by atoms with Gasteiger partial charge in [-0.25, -0.2) is 4.79 Å². The summed E-state index contributed by atoms with van der Waals surface area (Å²) >= 11 is 0. The number of amides is 4. The van der Waals surface area contributed by atoms with E-state index in [-0.39, 0.29) is 6.54 Å². The van der Waals surface area contributed by atoms with Gasteiger partial charge in [0.05, 0.1) is 13.7 Å². The molecule has 2 rings (SSSR count). The van der Waals surface area contributed by atoms with Crippen LogP contribution in [0.1, 0.15) is 5.56 Å². The number of urea groups is 1. The molecular formula is C12H12N2O4. The summed E-state index contributed by atoms with van der Waals surface area (Å²) < 4.78 is 5.05. The quantitative estimate of drug-likeness (QED) is 0.581. The molecule has 0 N–H and O–H groups in total. The van der Waals surface area contributed by atoms with E-state index in [2.05, 4.69) is 0 Å². The summed E-state index contributed by atoms with van der Waals surface area (Å²) in [6, 6.07) is 6.38. The lowest BCUT2D eigenvalue weighted by Crippen LogP contribution is -2.31. The van der Waals surface area contributed by atoms with Gasteiger partial charge in [-0.1, -0.05) is 12.1 Å². The number of carbonyl (C=O) groups excluding carboxylic acids is 3. The maximum Gasteiger partial charge on any atom is 0.334 e. The van der Waals surface area contributed by atoms with E-state index in [9.17, 15) is 14.4 Å². The van der Waals surface area contributed by atoms with Crippen LogP contribution in [0.25, 0.3) is 0 Å². The van der Waals surface area contributed by atoms with Crippen molar-refractivity contribution in [2.75, 3.05) is 14.2 Å². The summed E-state index contributed by atoms with van der Waals surface area (Å²) in [6.07, 6.45) is 0. The van der Waals surface area contributed by atoms with Crippen molar-refractivity contribution in [1.82, 2.24) is 9.80 Å². The Labute approximate surface area is 104 Å². The molecule has 0 bridgehead atoms. The monoisotopic (exact) mass is 248 g/mol. The molecule has 0 spiro atoms. The molecule has 4 amide bonds. The predicted octanol–water partition coefficient (Wildman–Crippen LogP) is 0.616. The Morgan fingerprint density at radius 2 is 1.89 bits per heavy atom. The van der Waals surface area contributed by atoms with Gasteiger partial charge in [-0.05, 0) is 17.7 Å². The first-order valence-corrected chi connectivity index (χ1v) is 5.31. The molecule has 1 aliphatic rings. The summed E-state index contributed by atoms with van der Waals surface area (Å²) in [5, 5.41) is 0. The first kappa shape index (κ1) is 12.1. The molecule has 6 nitrogen and oxygen atoms in total. The van der Waals surface area contributed by atoms with E-state index in [4.69, 9.17) is 4.74 Å². The zero-order valence-corrected chi connectivity index (χ0v) is 10.0. The van der Waals surface area contributed by atoms with Crippen molar-refractivity contribution in [2.24, 2.45) is 0 Å². The number of ether oxygens (including phenoxy) is 1. The molecule has 0 atom stereocenters. The zero-order chi connectivity index (χ0) is 13.3. The fourth-order valence-corrected chi connectivity index (χ4v) is 1.71. The smallest absolute Gasteiger partial charge is 0.334 e. The van der Waals surface area contributed by atoms with Gasteiger partial charge in [-0.15, -0.1) is 0 Å². The lowest BCUT2D eigenvalue weighted by atomic mass is 10.2. The van der Waals surface area contributed by atoms with Gasteiger partial charge in [0.2, 0.25) is 0 Å². The van der Waals surface area contributed by atoms with E-state index in [1.54, 1.807) is 24.3 Å². The van der Waals surface area contributed by atoms with E-state index in [1.807, 2.05) is 0 Å². The summed E-state index contributed by atoms with van der Waals surface area (Å²) in [6.45, 7) is 0.0605. The first-order valence-electron chi connectivity index (χ1n) is 5.31. The van der Waals surface area contributed by atoms with Gasteiger partial charge in [-0.3, -0.25) is 19.4 Å². The molecule has 1 saturated heterocycles. The third-order valence-electron chi connectivity index (χ3n) is 2.73. The topological polar surface area (TPSA) is 66.9 Å². The molecule has 6 heteroatoms. The number of methoxy groups -OCH3 is 1. The summed E-state index contributed by atoms with van der Waals surface area (Å²) in [5.41, 5.74) is 0.721. The Morgan fingerprint density at radius 1 is 1.17 bits per heavy atom. The minimum atomic E-state index is -0.803. The second kappa shape index (κ2) is 4.48. The first-order chi connectivity index (χ1) is 8.54. The highest BCUT2D eigenvalue weighted by molar-refractivity contribution is 6.44. The van der Waals surface area contributed by atoms with Gasteiger partial charge in [0.25, 0.3) is 0 Å². The zero-order valence-electron chi connectivity index (χ0n) is 10.0. The molecule has 0 unspecified atom stereocenters. The van der Waals surface area contributed by atoms with Gasteiger partial charge < -0.3 is 4.74 Å². The third kappa shape index (κ3) is 1.92. The molecule has 1 aliphatic heterocycles. The highest BCUT2D eigenvalue weighted by Crippen LogP contribution is 2.18. The highest BCUT2D eigenvalue weighted by atomic mass is 16.5. The Kier molecular flexibility index (Phi) is 3.01. The fraction of sp³-hybridized carbons (Fsp3) is 0.250. The average molecular weight is 248 g/mol. The van der Waals surface area contributed by atoms with Crippen LogP contribution in [-0.4, -0.2) is 41.8 Å². The number of rotatable bonds is 3. The van der Waals surface area contributed by atoms with Crippen LogP contribution < -0.4 is 4.74 Å². The summed E-state index contributed by atoms with van der Waals surface area (Å²) in [5.74, 6) is -0.973. The number of imide groups is 2. The molecule has 0 aliphatic carbocycles. The second-order valence-electron chi connectivity index (χ2n) is 3.89. The second-order valence-corrected chi connectivity index (χ2v) is 3.89. The maximum atomic E-state index is 11.7. The minimum Gasteiger partial charge on any atom is -0.497 e. The molecule has 0 radical (unpaired) electrons. The van der Waals surface area contributed by atoms with E-state index in [0.29, 0.717) is 5.75 Å². The van der Waals surface area contributed by atoms with E-state index in [0.717, 1.165) is 15.4 Å². The van der Waals surface area contributed by atoms with Gasteiger partial charge in [0, 0.05) is 7.05 Å². The Bertz CT molecular complexity index is 527. The molecule has 1 aromatic rings. The number of hydrogen-bond acceptors (Lipinski definition) is 4. The Balaban J connectivity index is 2.21. The highest BCUT2D eigenvalue weighted by Gasteiger charge is 2.41. The van der Waals surface area contributed by atoms with Crippen molar-refractivity contribution in [3.63, 3.8) is 0 Å². The molecule has 0 aromatic heterocycles. The van der Waals surface area contributed by atoms with E-state index < -0.39 is 17.8 Å². The Morgan fingerprint density at radius 3 is 2.44 bits per heavy atom. The van der Waals surface area contributed by atoms with Crippen LogP contribution in [0.4, 0.5) is 4.79 Å². The van der Waals surface area contributed by atoms with Crippen LogP contribution in [0.15, 0.2) is 24.3 Å². The molecule has 94 valence electrons. The van der Waals surface area contributed by atoms with Crippen LogP contribution in [-0.2, 0) is 16.1 Å². The molecule has 1 aromatic carbocycles. The summed E-state index contributed by atoms with van der Waals surface area (Å²) in [7, 11) is 2.82. The normalized spacial score (nSPS) is 15.6. The van der Waals surface area contributed by atoms with Crippen LogP contribution in [0.3, 0.4) is 0 Å². The Hall–Kier alpha value is -2.37. The molecule has 0 saturated carbocycles. The fourth-order valence-electron chi connectivity index (χ4n) is 1.71. The number of benzene rings is 1. The van der Waals surface area contributed by atoms with E-state index in [1.165, 1.54) is 14.2 Å². The van der Waals surface area contributed by atoms with Crippen LogP contribution >= 0.6 is 0 Å². The number of likely N-dealkylation sites (N-methyl/N-ethyl adjacent to an activating group) is 1. The van der Waals surface area contributed by atoms with E-state index >= 15 is 0 Å². The van der Waals surface area contributed by atoms with Gasteiger partial charge in [0.1, 0.15) is 5.75 Å². The van der Waals surface area contributed by atoms with Crippen molar-refractivity contribution in [3.05, 3.63) is 29.8 Å². The molecule has 18 heavy (non-hydrogen) atoms. The number of hydrogen-bond donors (Lipinski definition) is 0. The third-order valence-corrected chi connectivity index (χ3v) is 2.73. The van der Waals surface area contributed by atoms with Crippen LogP contribution in [0, 0.1) is 0 Å². The lowest BCUT2D eigenvalue weighted by molar-refractivity contribution is -0.143. The van der Waals surface area contributed by atoms with Gasteiger partial charge in [-0.2, -0.15) is 0 Å². The minimum absolute atomic E-state index is 0.0605. The summed E-state index contributed by atoms with van der Waals surface area (Å²) in [4.78, 5) is 36.3. The van der Waals surface area contributed by atoms with Crippen LogP contribution in [0.2, 0.25) is 0 Å².